The molecule has 0 saturated heterocycles. The predicted molar refractivity (Wildman–Crippen MR) is 50.8 cm³/mol. The third-order valence-corrected chi connectivity index (χ3v) is 3.44. The quantitative estimate of drug-likeness (QED) is 0.628. The van der Waals surface area contributed by atoms with Crippen LogP contribution < -0.4 is 5.73 Å². The van der Waals surface area contributed by atoms with Crippen molar-refractivity contribution in [2.75, 3.05) is 6.54 Å². The van der Waals surface area contributed by atoms with E-state index in [9.17, 15) is 5.11 Å². The fourth-order valence-electron chi connectivity index (χ4n) is 2.38. The molecule has 0 aliphatic heterocycles. The zero-order chi connectivity index (χ0) is 9.41. The average Bonchev–Trinajstić information content (AvgIpc) is 2.00. The minimum absolute atomic E-state index is 0.0480. The van der Waals surface area contributed by atoms with E-state index >= 15 is 0 Å². The molecule has 1 fully saturated rings. The lowest BCUT2D eigenvalue weighted by atomic mass is 9.62. The van der Waals surface area contributed by atoms with Gasteiger partial charge in [0, 0.05) is 12.0 Å². The number of nitrogens with two attached hydrogens (primary N) is 1. The molecular formula is C10H21NO. The Kier molecular flexibility index (Phi) is 2.50. The summed E-state index contributed by atoms with van der Waals surface area (Å²) in [5, 5.41) is 10.1. The molecule has 0 radical (unpaired) electrons. The minimum atomic E-state index is -0.247. The van der Waals surface area contributed by atoms with Crippen molar-refractivity contribution in [2.24, 2.45) is 16.6 Å². The standard InChI is InChI=1S/C10H21NO/c1-9(2)5-4-6-10(3,7-11)8(9)12/h8,12H,4-7,11H2,1-3H3. The fourth-order valence-corrected chi connectivity index (χ4v) is 2.38. The van der Waals surface area contributed by atoms with Gasteiger partial charge in [0.1, 0.15) is 0 Å². The number of aliphatic hydroxyl groups excluding tert-OH is 1. The van der Waals surface area contributed by atoms with Crippen molar-refractivity contribution in [3.8, 4) is 0 Å². The Bertz CT molecular complexity index is 167. The van der Waals surface area contributed by atoms with Crippen LogP contribution in [0.25, 0.3) is 0 Å². The van der Waals surface area contributed by atoms with Crippen LogP contribution in [-0.4, -0.2) is 17.8 Å². The first-order valence-electron chi connectivity index (χ1n) is 4.80. The van der Waals surface area contributed by atoms with Gasteiger partial charge in [-0.15, -0.1) is 0 Å². The van der Waals surface area contributed by atoms with Crippen LogP contribution in [0.1, 0.15) is 40.0 Å². The van der Waals surface area contributed by atoms with Crippen LogP contribution in [0.4, 0.5) is 0 Å². The van der Waals surface area contributed by atoms with E-state index in [0.717, 1.165) is 12.8 Å². The Hall–Kier alpha value is -0.0800. The molecular weight excluding hydrogens is 150 g/mol. The fraction of sp³-hybridized carbons (Fsp3) is 1.00. The zero-order valence-electron chi connectivity index (χ0n) is 8.43. The summed E-state index contributed by atoms with van der Waals surface area (Å²) in [6.45, 7) is 6.95. The molecule has 1 rings (SSSR count). The van der Waals surface area contributed by atoms with E-state index < -0.39 is 0 Å². The van der Waals surface area contributed by atoms with E-state index in [0.29, 0.717) is 6.54 Å². The Labute approximate surface area is 75.2 Å². The topological polar surface area (TPSA) is 46.2 Å². The van der Waals surface area contributed by atoms with Crippen molar-refractivity contribution in [3.63, 3.8) is 0 Å². The van der Waals surface area contributed by atoms with E-state index in [1.54, 1.807) is 0 Å². The largest absolute Gasteiger partial charge is 0.392 e. The van der Waals surface area contributed by atoms with Crippen LogP contribution in [0.5, 0.6) is 0 Å². The highest BCUT2D eigenvalue weighted by Gasteiger charge is 2.44. The molecule has 2 nitrogen and oxygen atoms in total. The summed E-state index contributed by atoms with van der Waals surface area (Å²) in [6.07, 6.45) is 3.12. The molecule has 0 aromatic carbocycles. The van der Waals surface area contributed by atoms with Gasteiger partial charge in [-0.2, -0.15) is 0 Å². The Balaban J connectivity index is 2.79. The second kappa shape index (κ2) is 3.00. The monoisotopic (exact) mass is 171 g/mol. The molecule has 0 aromatic heterocycles. The molecule has 0 heterocycles. The van der Waals surface area contributed by atoms with Gasteiger partial charge in [-0.05, 0) is 18.3 Å². The number of hydrogen-bond donors (Lipinski definition) is 2. The first kappa shape index (κ1) is 10.0. The molecule has 0 spiro atoms. The number of rotatable bonds is 1. The molecule has 2 unspecified atom stereocenters. The summed E-state index contributed by atoms with van der Waals surface area (Å²) in [7, 11) is 0. The summed E-state index contributed by atoms with van der Waals surface area (Å²) in [5.74, 6) is 0. The third-order valence-electron chi connectivity index (χ3n) is 3.44. The minimum Gasteiger partial charge on any atom is -0.392 e. The van der Waals surface area contributed by atoms with Crippen LogP contribution in [0, 0.1) is 10.8 Å². The maximum absolute atomic E-state index is 10.1. The van der Waals surface area contributed by atoms with Gasteiger partial charge in [0.05, 0.1) is 6.10 Å². The average molecular weight is 171 g/mol. The van der Waals surface area contributed by atoms with Crippen molar-refractivity contribution in [1.29, 1.82) is 0 Å². The van der Waals surface area contributed by atoms with Crippen molar-refractivity contribution < 1.29 is 5.11 Å². The summed E-state index contributed by atoms with van der Waals surface area (Å²) >= 11 is 0. The smallest absolute Gasteiger partial charge is 0.0656 e. The van der Waals surface area contributed by atoms with Crippen LogP contribution in [-0.2, 0) is 0 Å². The lowest BCUT2D eigenvalue weighted by Crippen LogP contribution is -2.50. The van der Waals surface area contributed by atoms with Gasteiger partial charge in [-0.25, -0.2) is 0 Å². The van der Waals surface area contributed by atoms with Crippen LogP contribution in [0.15, 0.2) is 0 Å². The second-order valence-corrected chi connectivity index (χ2v) is 5.10. The normalized spacial score (nSPS) is 41.2. The second-order valence-electron chi connectivity index (χ2n) is 5.10. The lowest BCUT2D eigenvalue weighted by molar-refractivity contribution is -0.0794. The third kappa shape index (κ3) is 1.50. The Morgan fingerprint density at radius 1 is 1.33 bits per heavy atom. The molecule has 1 saturated carbocycles. The summed E-state index contributed by atoms with van der Waals surface area (Å²) < 4.78 is 0. The van der Waals surface area contributed by atoms with Gasteiger partial charge in [-0.3, -0.25) is 0 Å². The zero-order valence-corrected chi connectivity index (χ0v) is 8.43. The van der Waals surface area contributed by atoms with E-state index in [2.05, 4.69) is 20.8 Å². The van der Waals surface area contributed by atoms with Gasteiger partial charge in [0.2, 0.25) is 0 Å². The van der Waals surface area contributed by atoms with E-state index in [-0.39, 0.29) is 16.9 Å². The molecule has 1 aliphatic carbocycles. The molecule has 0 bridgehead atoms. The van der Waals surface area contributed by atoms with Crippen LogP contribution >= 0.6 is 0 Å². The predicted octanol–water partition coefficient (Wildman–Crippen LogP) is 1.52. The Morgan fingerprint density at radius 2 is 1.92 bits per heavy atom. The summed E-state index contributed by atoms with van der Waals surface area (Å²) in [6, 6.07) is 0. The van der Waals surface area contributed by atoms with Crippen molar-refractivity contribution in [1.82, 2.24) is 0 Å². The van der Waals surface area contributed by atoms with Crippen molar-refractivity contribution in [2.45, 2.75) is 46.1 Å². The first-order chi connectivity index (χ1) is 5.42. The molecule has 2 heteroatoms. The van der Waals surface area contributed by atoms with Gasteiger partial charge >= 0.3 is 0 Å². The molecule has 0 amide bonds. The number of aliphatic hydroxyl groups is 1. The van der Waals surface area contributed by atoms with Crippen molar-refractivity contribution >= 4 is 0 Å². The lowest BCUT2D eigenvalue weighted by Gasteiger charge is -2.47. The van der Waals surface area contributed by atoms with Crippen LogP contribution in [0.2, 0.25) is 0 Å². The number of hydrogen-bond acceptors (Lipinski definition) is 2. The molecule has 12 heavy (non-hydrogen) atoms. The molecule has 0 aromatic rings. The Morgan fingerprint density at radius 3 is 2.33 bits per heavy atom. The summed E-state index contributed by atoms with van der Waals surface area (Å²) in [4.78, 5) is 0. The molecule has 72 valence electrons. The molecule has 3 N–H and O–H groups in total. The van der Waals surface area contributed by atoms with E-state index in [1.807, 2.05) is 0 Å². The highest BCUT2D eigenvalue weighted by atomic mass is 16.3. The molecule has 1 aliphatic rings. The molecule has 2 atom stereocenters. The maximum Gasteiger partial charge on any atom is 0.0656 e. The highest BCUT2D eigenvalue weighted by Crippen LogP contribution is 2.45. The van der Waals surface area contributed by atoms with Gasteiger partial charge in [0.25, 0.3) is 0 Å². The SMILES string of the molecule is CC1(C)CCCC(C)(CN)C1O. The van der Waals surface area contributed by atoms with Gasteiger partial charge in [-0.1, -0.05) is 27.2 Å². The summed E-state index contributed by atoms with van der Waals surface area (Å²) in [5.41, 5.74) is 5.68. The van der Waals surface area contributed by atoms with E-state index in [4.69, 9.17) is 5.73 Å². The van der Waals surface area contributed by atoms with Crippen LogP contribution in [0.3, 0.4) is 0 Å². The van der Waals surface area contributed by atoms with E-state index in [1.165, 1.54) is 6.42 Å². The van der Waals surface area contributed by atoms with Gasteiger partial charge < -0.3 is 10.8 Å². The van der Waals surface area contributed by atoms with Gasteiger partial charge in [0.15, 0.2) is 0 Å². The van der Waals surface area contributed by atoms with Crippen molar-refractivity contribution in [3.05, 3.63) is 0 Å². The first-order valence-corrected chi connectivity index (χ1v) is 4.80. The highest BCUT2D eigenvalue weighted by molar-refractivity contribution is 4.96. The maximum atomic E-state index is 10.1.